The van der Waals surface area contributed by atoms with Crippen LogP contribution in [0, 0.1) is 0 Å². The summed E-state index contributed by atoms with van der Waals surface area (Å²) < 4.78 is 10.3. The van der Waals surface area contributed by atoms with Crippen LogP contribution in [-0.2, 0) is 4.79 Å². The topological polar surface area (TPSA) is 84.9 Å². The highest BCUT2D eigenvalue weighted by molar-refractivity contribution is 5.92. The quantitative estimate of drug-likeness (QED) is 0.803. The number of ether oxygens (including phenoxy) is 2. The van der Waals surface area contributed by atoms with Gasteiger partial charge in [0.05, 0.1) is 7.11 Å². The third-order valence-corrected chi connectivity index (χ3v) is 2.72. The molecular weight excluding hydrogens is 250 g/mol. The predicted octanol–water partition coefficient (Wildman–Crippen LogP) is 1.05. The number of methoxy groups -OCH3 is 1. The lowest BCUT2D eigenvalue weighted by atomic mass is 10.2. The average molecular weight is 265 g/mol. The van der Waals surface area contributed by atoms with E-state index in [2.05, 4.69) is 5.32 Å². The molecule has 1 amide bonds. The number of carboxylic acids is 1. The molecular formula is C13H15NO5. The van der Waals surface area contributed by atoms with Gasteiger partial charge >= 0.3 is 5.97 Å². The van der Waals surface area contributed by atoms with Crippen molar-refractivity contribution >= 4 is 11.9 Å². The normalized spacial score (nSPS) is 13.7. The van der Waals surface area contributed by atoms with Gasteiger partial charge in [0.15, 0.2) is 18.1 Å². The minimum absolute atomic E-state index is 0.0291. The Morgan fingerprint density at radius 2 is 2.16 bits per heavy atom. The van der Waals surface area contributed by atoms with E-state index < -0.39 is 5.97 Å². The molecule has 0 heterocycles. The second-order valence-corrected chi connectivity index (χ2v) is 4.27. The third-order valence-electron chi connectivity index (χ3n) is 2.72. The van der Waals surface area contributed by atoms with E-state index in [9.17, 15) is 9.59 Å². The Kier molecular flexibility index (Phi) is 3.89. The summed E-state index contributed by atoms with van der Waals surface area (Å²) in [5.41, 5.74) is -0.0291. The maximum absolute atomic E-state index is 11.5. The van der Waals surface area contributed by atoms with Gasteiger partial charge in [-0.05, 0) is 25.0 Å². The van der Waals surface area contributed by atoms with Crippen molar-refractivity contribution in [2.75, 3.05) is 13.7 Å². The Hall–Kier alpha value is -2.24. The minimum Gasteiger partial charge on any atom is -0.493 e. The zero-order valence-electron chi connectivity index (χ0n) is 10.5. The van der Waals surface area contributed by atoms with Crippen molar-refractivity contribution in [2.24, 2.45) is 0 Å². The lowest BCUT2D eigenvalue weighted by Crippen LogP contribution is -2.30. The molecule has 2 rings (SSSR count). The molecule has 19 heavy (non-hydrogen) atoms. The van der Waals surface area contributed by atoms with Crippen molar-refractivity contribution in [3.63, 3.8) is 0 Å². The van der Waals surface area contributed by atoms with E-state index in [4.69, 9.17) is 14.6 Å². The number of hydrogen-bond acceptors (Lipinski definition) is 4. The van der Waals surface area contributed by atoms with Gasteiger partial charge in [-0.2, -0.15) is 0 Å². The van der Waals surface area contributed by atoms with Gasteiger partial charge in [-0.25, -0.2) is 4.79 Å². The van der Waals surface area contributed by atoms with E-state index in [0.29, 0.717) is 5.75 Å². The van der Waals surface area contributed by atoms with Gasteiger partial charge in [-0.1, -0.05) is 6.07 Å². The van der Waals surface area contributed by atoms with Crippen molar-refractivity contribution in [3.05, 3.63) is 23.8 Å². The first-order chi connectivity index (χ1) is 9.11. The van der Waals surface area contributed by atoms with Gasteiger partial charge in [0, 0.05) is 6.04 Å². The summed E-state index contributed by atoms with van der Waals surface area (Å²) in [6, 6.07) is 4.78. The standard InChI is InChI=1S/C13H15NO5/c1-18-10-4-2-3-9(13(16)17)12(10)19-7-11(15)14-8-5-6-8/h2-4,8H,5-7H2,1H3,(H,14,15)(H,16,17). The highest BCUT2D eigenvalue weighted by Gasteiger charge is 2.24. The van der Waals surface area contributed by atoms with Crippen LogP contribution in [0.15, 0.2) is 18.2 Å². The number of hydrogen-bond donors (Lipinski definition) is 2. The Morgan fingerprint density at radius 3 is 2.74 bits per heavy atom. The van der Waals surface area contributed by atoms with Gasteiger partial charge in [-0.3, -0.25) is 4.79 Å². The van der Waals surface area contributed by atoms with E-state index in [0.717, 1.165) is 12.8 Å². The lowest BCUT2D eigenvalue weighted by Gasteiger charge is -2.12. The molecule has 1 aliphatic rings. The summed E-state index contributed by atoms with van der Waals surface area (Å²) in [5, 5.41) is 11.8. The first-order valence-electron chi connectivity index (χ1n) is 5.94. The summed E-state index contributed by atoms with van der Waals surface area (Å²) in [4.78, 5) is 22.6. The van der Waals surface area contributed by atoms with Crippen molar-refractivity contribution in [2.45, 2.75) is 18.9 Å². The molecule has 6 nitrogen and oxygen atoms in total. The van der Waals surface area contributed by atoms with Gasteiger partial charge in [0.1, 0.15) is 5.56 Å². The van der Waals surface area contributed by atoms with Gasteiger partial charge in [0.25, 0.3) is 5.91 Å². The maximum atomic E-state index is 11.5. The van der Waals surface area contributed by atoms with Crippen LogP contribution in [0.5, 0.6) is 11.5 Å². The Balaban J connectivity index is 2.08. The fraction of sp³-hybridized carbons (Fsp3) is 0.385. The molecule has 0 aliphatic heterocycles. The number of nitrogens with one attached hydrogen (secondary N) is 1. The molecule has 0 bridgehead atoms. The van der Waals surface area contributed by atoms with Crippen molar-refractivity contribution in [1.82, 2.24) is 5.32 Å². The number of carboxylic acid groups (broad SMARTS) is 1. The second kappa shape index (κ2) is 5.60. The van der Waals surface area contributed by atoms with Crippen LogP contribution in [-0.4, -0.2) is 36.7 Å². The summed E-state index contributed by atoms with van der Waals surface area (Å²) in [7, 11) is 1.41. The fourth-order valence-electron chi connectivity index (χ4n) is 1.63. The Labute approximate surface area is 110 Å². The third kappa shape index (κ3) is 3.37. The molecule has 0 aromatic heterocycles. The largest absolute Gasteiger partial charge is 0.493 e. The highest BCUT2D eigenvalue weighted by Crippen LogP contribution is 2.31. The number of rotatable bonds is 6. The highest BCUT2D eigenvalue weighted by atomic mass is 16.5. The molecule has 2 N–H and O–H groups in total. The molecule has 0 atom stereocenters. The van der Waals surface area contributed by atoms with Gasteiger partial charge in [0.2, 0.25) is 0 Å². The summed E-state index contributed by atoms with van der Waals surface area (Å²) in [6.45, 7) is -0.225. The summed E-state index contributed by atoms with van der Waals surface area (Å²) in [5.74, 6) is -1.02. The number of amides is 1. The zero-order valence-corrected chi connectivity index (χ0v) is 10.5. The first kappa shape index (κ1) is 13.2. The molecule has 6 heteroatoms. The number of para-hydroxylation sites is 1. The van der Waals surface area contributed by atoms with Crippen molar-refractivity contribution in [3.8, 4) is 11.5 Å². The predicted molar refractivity (Wildman–Crippen MR) is 66.6 cm³/mol. The Morgan fingerprint density at radius 1 is 1.42 bits per heavy atom. The average Bonchev–Trinajstić information content (AvgIpc) is 3.19. The smallest absolute Gasteiger partial charge is 0.339 e. The van der Waals surface area contributed by atoms with Crippen LogP contribution < -0.4 is 14.8 Å². The lowest BCUT2D eigenvalue weighted by molar-refractivity contribution is -0.123. The molecule has 1 aromatic rings. The molecule has 0 radical (unpaired) electrons. The number of carbonyl (C=O) groups is 2. The number of aromatic carboxylic acids is 1. The Bertz CT molecular complexity index is 496. The van der Waals surface area contributed by atoms with Crippen LogP contribution >= 0.6 is 0 Å². The van der Waals surface area contributed by atoms with E-state index in [-0.39, 0.29) is 29.9 Å². The second-order valence-electron chi connectivity index (χ2n) is 4.27. The molecule has 102 valence electrons. The van der Waals surface area contributed by atoms with Crippen LogP contribution in [0.25, 0.3) is 0 Å². The molecule has 1 fully saturated rings. The van der Waals surface area contributed by atoms with Crippen LogP contribution in [0.1, 0.15) is 23.2 Å². The van der Waals surface area contributed by atoms with E-state index in [1.165, 1.54) is 13.2 Å². The van der Waals surface area contributed by atoms with Crippen LogP contribution in [0.2, 0.25) is 0 Å². The van der Waals surface area contributed by atoms with Crippen LogP contribution in [0.4, 0.5) is 0 Å². The molecule has 0 spiro atoms. The van der Waals surface area contributed by atoms with Gasteiger partial charge in [-0.15, -0.1) is 0 Å². The SMILES string of the molecule is COc1cccc(C(=O)O)c1OCC(=O)NC1CC1. The minimum atomic E-state index is -1.13. The van der Waals surface area contributed by atoms with Gasteiger partial charge < -0.3 is 19.9 Å². The number of benzene rings is 1. The van der Waals surface area contributed by atoms with E-state index in [1.54, 1.807) is 12.1 Å². The van der Waals surface area contributed by atoms with Crippen molar-refractivity contribution < 1.29 is 24.2 Å². The number of carbonyl (C=O) groups excluding carboxylic acids is 1. The fourth-order valence-corrected chi connectivity index (χ4v) is 1.63. The molecule has 0 saturated heterocycles. The monoisotopic (exact) mass is 265 g/mol. The van der Waals surface area contributed by atoms with E-state index in [1.807, 2.05) is 0 Å². The van der Waals surface area contributed by atoms with E-state index >= 15 is 0 Å². The van der Waals surface area contributed by atoms with Crippen LogP contribution in [0.3, 0.4) is 0 Å². The molecule has 1 aliphatic carbocycles. The van der Waals surface area contributed by atoms with Crippen molar-refractivity contribution in [1.29, 1.82) is 0 Å². The molecule has 1 saturated carbocycles. The molecule has 0 unspecified atom stereocenters. The molecule has 1 aromatic carbocycles. The first-order valence-corrected chi connectivity index (χ1v) is 5.94. The maximum Gasteiger partial charge on any atom is 0.339 e. The zero-order chi connectivity index (χ0) is 13.8. The summed E-state index contributed by atoms with van der Waals surface area (Å²) in [6.07, 6.45) is 1.97. The summed E-state index contributed by atoms with van der Waals surface area (Å²) >= 11 is 0.